The zero-order valence-electron chi connectivity index (χ0n) is 11.7. The Morgan fingerprint density at radius 3 is 2.52 bits per heavy atom. The number of nitrogens with zero attached hydrogens (tertiary/aromatic N) is 2. The van der Waals surface area contributed by atoms with Crippen molar-refractivity contribution in [2.45, 2.75) is 0 Å². The molecule has 1 aromatic heterocycles. The van der Waals surface area contributed by atoms with Gasteiger partial charge in [0, 0.05) is 12.4 Å². The smallest absolute Gasteiger partial charge is 0.289 e. The normalized spacial score (nSPS) is 9.78. The largest absolute Gasteiger partial charge is 0.343 e. The molecule has 9 heteroatoms. The van der Waals surface area contributed by atoms with Gasteiger partial charge in [-0.15, -0.1) is 0 Å². The number of hydrogen-bond acceptors (Lipinski definition) is 5. The van der Waals surface area contributed by atoms with Crippen LogP contribution in [0.2, 0.25) is 0 Å². The van der Waals surface area contributed by atoms with Gasteiger partial charge in [-0.1, -0.05) is 12.1 Å². The number of aromatic nitrogens is 2. The lowest BCUT2D eigenvalue weighted by Gasteiger charge is -2.08. The van der Waals surface area contributed by atoms with E-state index in [1.165, 1.54) is 36.8 Å². The lowest BCUT2D eigenvalue weighted by Crippen LogP contribution is -2.46. The number of nitrogens with one attached hydrogen (secondary N) is 3. The fourth-order valence-electron chi connectivity index (χ4n) is 1.55. The first-order valence-electron chi connectivity index (χ1n) is 6.46. The van der Waals surface area contributed by atoms with Crippen LogP contribution in [0.5, 0.6) is 0 Å². The average Bonchev–Trinajstić information content (AvgIpc) is 2.58. The first kappa shape index (κ1) is 16.0. The number of carbonyl (C=O) groups is 3. The van der Waals surface area contributed by atoms with Crippen molar-refractivity contribution < 1.29 is 18.8 Å². The van der Waals surface area contributed by atoms with Crippen molar-refractivity contribution in [2.75, 3.05) is 6.54 Å². The second-order valence-corrected chi connectivity index (χ2v) is 4.26. The third-order valence-electron chi connectivity index (χ3n) is 2.64. The molecule has 0 aliphatic carbocycles. The third kappa shape index (κ3) is 4.56. The van der Waals surface area contributed by atoms with Gasteiger partial charge in [-0.2, -0.15) is 0 Å². The van der Waals surface area contributed by atoms with Crippen LogP contribution < -0.4 is 16.2 Å². The maximum atomic E-state index is 13.4. The Kier molecular flexibility index (Phi) is 5.29. The minimum Gasteiger partial charge on any atom is -0.343 e. The molecular weight excluding hydrogens is 305 g/mol. The molecule has 0 atom stereocenters. The van der Waals surface area contributed by atoms with Gasteiger partial charge in [-0.3, -0.25) is 30.2 Å². The Balaban J connectivity index is 1.78. The average molecular weight is 317 g/mol. The Morgan fingerprint density at radius 2 is 1.83 bits per heavy atom. The van der Waals surface area contributed by atoms with E-state index in [1.807, 2.05) is 0 Å². The molecule has 0 fully saturated rings. The second kappa shape index (κ2) is 7.59. The standard InChI is InChI=1S/C14H12FN5O3/c15-10-4-2-1-3-9(10)13(22)18-8-12(21)19-20-14(23)11-7-16-5-6-17-11/h1-7H,8H2,(H,18,22)(H,19,21)(H,20,23). The quantitative estimate of drug-likeness (QED) is 0.676. The summed E-state index contributed by atoms with van der Waals surface area (Å²) < 4.78 is 13.4. The highest BCUT2D eigenvalue weighted by molar-refractivity contribution is 5.97. The highest BCUT2D eigenvalue weighted by Crippen LogP contribution is 2.05. The van der Waals surface area contributed by atoms with E-state index in [0.29, 0.717) is 0 Å². The molecule has 0 saturated carbocycles. The molecule has 3 N–H and O–H groups in total. The van der Waals surface area contributed by atoms with E-state index >= 15 is 0 Å². The number of carbonyl (C=O) groups excluding carboxylic acids is 3. The summed E-state index contributed by atoms with van der Waals surface area (Å²) in [4.78, 5) is 42.3. The summed E-state index contributed by atoms with van der Waals surface area (Å²) in [6, 6.07) is 5.37. The monoisotopic (exact) mass is 317 g/mol. The zero-order valence-corrected chi connectivity index (χ0v) is 11.7. The van der Waals surface area contributed by atoms with Crippen molar-refractivity contribution in [3.8, 4) is 0 Å². The van der Waals surface area contributed by atoms with Crippen molar-refractivity contribution in [1.82, 2.24) is 26.1 Å². The Bertz CT molecular complexity index is 723. The van der Waals surface area contributed by atoms with E-state index < -0.39 is 30.1 Å². The molecule has 23 heavy (non-hydrogen) atoms. The van der Waals surface area contributed by atoms with Crippen molar-refractivity contribution in [3.63, 3.8) is 0 Å². The van der Waals surface area contributed by atoms with Crippen molar-refractivity contribution in [3.05, 3.63) is 59.9 Å². The summed E-state index contributed by atoms with van der Waals surface area (Å²) in [6.07, 6.45) is 3.94. The Morgan fingerprint density at radius 1 is 1.04 bits per heavy atom. The van der Waals surface area contributed by atoms with Crippen LogP contribution in [0.3, 0.4) is 0 Å². The highest BCUT2D eigenvalue weighted by atomic mass is 19.1. The van der Waals surface area contributed by atoms with E-state index in [1.54, 1.807) is 0 Å². The van der Waals surface area contributed by atoms with E-state index in [-0.39, 0.29) is 11.3 Å². The molecule has 0 aliphatic heterocycles. The molecule has 0 unspecified atom stereocenters. The maximum absolute atomic E-state index is 13.4. The van der Waals surface area contributed by atoms with Gasteiger partial charge >= 0.3 is 0 Å². The summed E-state index contributed by atoms with van der Waals surface area (Å²) in [5, 5.41) is 2.23. The van der Waals surface area contributed by atoms with Gasteiger partial charge in [0.1, 0.15) is 11.5 Å². The van der Waals surface area contributed by atoms with Gasteiger partial charge in [0.2, 0.25) is 0 Å². The molecule has 0 aliphatic rings. The topological polar surface area (TPSA) is 113 Å². The SMILES string of the molecule is O=C(CNC(=O)c1ccccc1F)NNC(=O)c1cnccn1. The molecule has 1 aromatic carbocycles. The van der Waals surface area contributed by atoms with Crippen LogP contribution in [0, 0.1) is 5.82 Å². The molecular formula is C14H12FN5O3. The summed E-state index contributed by atoms with van der Waals surface area (Å²) in [6.45, 7) is -0.437. The summed E-state index contributed by atoms with van der Waals surface area (Å²) in [5.74, 6) is -2.78. The zero-order chi connectivity index (χ0) is 16.7. The molecule has 3 amide bonds. The first-order chi connectivity index (χ1) is 11.1. The fourth-order valence-corrected chi connectivity index (χ4v) is 1.55. The van der Waals surface area contributed by atoms with Gasteiger partial charge in [-0.25, -0.2) is 9.37 Å². The molecule has 2 aromatic rings. The lowest BCUT2D eigenvalue weighted by molar-refractivity contribution is -0.120. The molecule has 0 spiro atoms. The van der Waals surface area contributed by atoms with Gasteiger partial charge in [0.15, 0.2) is 0 Å². The maximum Gasteiger partial charge on any atom is 0.289 e. The van der Waals surface area contributed by atoms with E-state index in [2.05, 4.69) is 26.1 Å². The first-order valence-corrected chi connectivity index (χ1v) is 6.46. The lowest BCUT2D eigenvalue weighted by atomic mass is 10.2. The number of halogens is 1. The molecule has 2 rings (SSSR count). The van der Waals surface area contributed by atoms with E-state index in [4.69, 9.17) is 0 Å². The van der Waals surface area contributed by atoms with Crippen molar-refractivity contribution in [1.29, 1.82) is 0 Å². The Hall–Kier alpha value is -3.36. The number of rotatable bonds is 4. The number of benzene rings is 1. The van der Waals surface area contributed by atoms with E-state index in [9.17, 15) is 18.8 Å². The molecule has 0 bridgehead atoms. The summed E-state index contributed by atoms with van der Waals surface area (Å²) >= 11 is 0. The molecule has 1 heterocycles. The van der Waals surface area contributed by atoms with Crippen LogP contribution in [0.15, 0.2) is 42.9 Å². The molecule has 0 saturated heterocycles. The van der Waals surface area contributed by atoms with Crippen molar-refractivity contribution >= 4 is 17.7 Å². The second-order valence-electron chi connectivity index (χ2n) is 4.26. The van der Waals surface area contributed by atoms with Gasteiger partial charge < -0.3 is 5.32 Å². The van der Waals surface area contributed by atoms with Crippen LogP contribution in [0.25, 0.3) is 0 Å². The van der Waals surface area contributed by atoms with Crippen LogP contribution in [-0.2, 0) is 4.79 Å². The van der Waals surface area contributed by atoms with Gasteiger partial charge in [0.25, 0.3) is 17.7 Å². The van der Waals surface area contributed by atoms with Gasteiger partial charge in [0.05, 0.1) is 18.3 Å². The number of hydrazine groups is 1. The Labute approximate surface area is 130 Å². The molecule has 118 valence electrons. The third-order valence-corrected chi connectivity index (χ3v) is 2.64. The highest BCUT2D eigenvalue weighted by Gasteiger charge is 2.13. The fraction of sp³-hybridized carbons (Fsp3) is 0.0714. The van der Waals surface area contributed by atoms with Crippen LogP contribution in [0.4, 0.5) is 4.39 Å². The van der Waals surface area contributed by atoms with Crippen LogP contribution >= 0.6 is 0 Å². The van der Waals surface area contributed by atoms with Gasteiger partial charge in [-0.05, 0) is 12.1 Å². The summed E-state index contributed by atoms with van der Waals surface area (Å²) in [5.41, 5.74) is 4.03. The molecule has 8 nitrogen and oxygen atoms in total. The minimum absolute atomic E-state index is 0.0168. The van der Waals surface area contributed by atoms with Crippen LogP contribution in [-0.4, -0.2) is 34.2 Å². The number of amides is 3. The summed E-state index contributed by atoms with van der Waals surface area (Å²) in [7, 11) is 0. The predicted octanol–water partition coefficient (Wildman–Crippen LogP) is -0.193. The van der Waals surface area contributed by atoms with E-state index in [0.717, 1.165) is 6.07 Å². The van der Waals surface area contributed by atoms with Crippen molar-refractivity contribution in [2.24, 2.45) is 0 Å². The van der Waals surface area contributed by atoms with Crippen LogP contribution in [0.1, 0.15) is 20.8 Å². The molecule has 0 radical (unpaired) electrons. The number of hydrogen-bond donors (Lipinski definition) is 3. The predicted molar refractivity (Wildman–Crippen MR) is 76.4 cm³/mol. The minimum atomic E-state index is -0.737.